The zero-order chi connectivity index (χ0) is 20.6. The van der Waals surface area contributed by atoms with Crippen LogP contribution in [0.15, 0.2) is 6.20 Å². The van der Waals surface area contributed by atoms with E-state index >= 15 is 0 Å². The molecule has 3 aliphatic heterocycles. The number of ether oxygens (including phenoxy) is 3. The van der Waals surface area contributed by atoms with E-state index in [4.69, 9.17) is 14.2 Å². The molecule has 2 amide bonds. The molecule has 30 heavy (non-hydrogen) atoms. The second-order valence-corrected chi connectivity index (χ2v) is 9.21. The summed E-state index contributed by atoms with van der Waals surface area (Å²) in [6, 6.07) is -0.101. The minimum atomic E-state index is -0.101. The Morgan fingerprint density at radius 3 is 2.87 bits per heavy atom. The molecule has 0 saturated carbocycles. The number of methoxy groups -OCH3 is 1. The second kappa shape index (κ2) is 8.16. The van der Waals surface area contributed by atoms with Crippen LogP contribution >= 0.6 is 11.3 Å². The van der Waals surface area contributed by atoms with Crippen LogP contribution in [0.2, 0.25) is 0 Å². The number of rotatable bonds is 3. The van der Waals surface area contributed by atoms with E-state index < -0.39 is 0 Å². The number of thiazole rings is 1. The maximum atomic E-state index is 12.9. The first kappa shape index (κ1) is 19.8. The Kier molecular flexibility index (Phi) is 5.38. The van der Waals surface area contributed by atoms with E-state index in [1.165, 1.54) is 11.3 Å². The van der Waals surface area contributed by atoms with Gasteiger partial charge in [-0.25, -0.2) is 14.8 Å². The zero-order valence-electron chi connectivity index (χ0n) is 17.2. The summed E-state index contributed by atoms with van der Waals surface area (Å²) in [5.41, 5.74) is 1.81. The van der Waals surface area contributed by atoms with Gasteiger partial charge in [-0.1, -0.05) is 11.3 Å². The Morgan fingerprint density at radius 1 is 1.23 bits per heavy atom. The fraction of sp³-hybridized carbons (Fsp3) is 0.650. The molecule has 1 N–H and O–H groups in total. The molecular formula is C20H27N5O4S. The number of hydrogen-bond acceptors (Lipinski definition) is 8. The smallest absolute Gasteiger partial charge is 0.323 e. The van der Waals surface area contributed by atoms with Crippen LogP contribution in [-0.4, -0.2) is 80.6 Å². The van der Waals surface area contributed by atoms with Crippen LogP contribution in [0, 0.1) is 5.41 Å². The molecule has 9 nitrogen and oxygen atoms in total. The topological polar surface area (TPSA) is 89.1 Å². The van der Waals surface area contributed by atoms with Crippen molar-refractivity contribution in [3.63, 3.8) is 0 Å². The molecule has 162 valence electrons. The zero-order valence-corrected chi connectivity index (χ0v) is 18.0. The third-order valence-corrected chi connectivity index (χ3v) is 7.25. The summed E-state index contributed by atoms with van der Waals surface area (Å²) < 4.78 is 17.5. The summed E-state index contributed by atoms with van der Waals surface area (Å²) in [6.07, 6.45) is 5.02. The summed E-state index contributed by atoms with van der Waals surface area (Å²) >= 11 is 1.46. The number of fused-ring (bicyclic) bond motifs is 1. The molecule has 10 heteroatoms. The Bertz CT molecular complexity index is 923. The molecular weight excluding hydrogens is 406 g/mol. The van der Waals surface area contributed by atoms with Gasteiger partial charge < -0.3 is 24.0 Å². The van der Waals surface area contributed by atoms with Crippen molar-refractivity contribution in [2.45, 2.75) is 19.3 Å². The lowest BCUT2D eigenvalue weighted by molar-refractivity contribution is -0.000213. The Hall–Kier alpha value is -2.17. The van der Waals surface area contributed by atoms with E-state index in [1.807, 2.05) is 11.1 Å². The van der Waals surface area contributed by atoms with Crippen molar-refractivity contribution in [2.75, 3.05) is 69.9 Å². The van der Waals surface area contributed by atoms with Gasteiger partial charge in [-0.05, 0) is 19.3 Å². The van der Waals surface area contributed by atoms with Gasteiger partial charge in [0.1, 0.15) is 5.52 Å². The van der Waals surface area contributed by atoms with Gasteiger partial charge in [0, 0.05) is 38.2 Å². The molecule has 1 atom stereocenters. The normalized spacial score (nSPS) is 24.6. The standard InChI is InChI=1S/C20H27N5O4S/c1-27-17-15-16(14(11-21-17)24-6-9-28-10-7-24)30-18(22-15)23-19(26)25-5-4-20(12-25)3-2-8-29-13-20/h11H,2-10,12-13H2,1H3,(H,22,23,26)/t20-/m1/s1. The summed E-state index contributed by atoms with van der Waals surface area (Å²) in [7, 11) is 1.59. The highest BCUT2D eigenvalue weighted by Crippen LogP contribution is 2.40. The maximum Gasteiger partial charge on any atom is 0.323 e. The molecule has 0 radical (unpaired) electrons. The van der Waals surface area contributed by atoms with Crippen LogP contribution in [0.1, 0.15) is 19.3 Å². The van der Waals surface area contributed by atoms with Crippen molar-refractivity contribution in [3.8, 4) is 5.88 Å². The van der Waals surface area contributed by atoms with Crippen molar-refractivity contribution in [2.24, 2.45) is 5.41 Å². The number of morpholine rings is 1. The van der Waals surface area contributed by atoms with Crippen LogP contribution < -0.4 is 15.0 Å². The van der Waals surface area contributed by atoms with E-state index in [2.05, 4.69) is 20.2 Å². The predicted molar refractivity (Wildman–Crippen MR) is 115 cm³/mol. The average molecular weight is 434 g/mol. The third-order valence-electron chi connectivity index (χ3n) is 6.26. The summed E-state index contributed by atoms with van der Waals surface area (Å²) in [6.45, 7) is 6.08. The molecule has 2 aromatic rings. The van der Waals surface area contributed by atoms with Gasteiger partial charge in [-0.2, -0.15) is 0 Å². The second-order valence-electron chi connectivity index (χ2n) is 8.21. The van der Waals surface area contributed by atoms with Crippen LogP contribution in [0.4, 0.5) is 15.6 Å². The Balaban J connectivity index is 1.36. The molecule has 0 aromatic carbocycles. The van der Waals surface area contributed by atoms with Gasteiger partial charge in [0.2, 0.25) is 5.88 Å². The lowest BCUT2D eigenvalue weighted by Gasteiger charge is -2.32. The number of pyridine rings is 1. The molecule has 1 spiro atoms. The van der Waals surface area contributed by atoms with Gasteiger partial charge in [0.05, 0.1) is 43.5 Å². The van der Waals surface area contributed by atoms with E-state index in [0.29, 0.717) is 29.7 Å². The highest BCUT2D eigenvalue weighted by atomic mass is 32.1. The van der Waals surface area contributed by atoms with Crippen molar-refractivity contribution in [3.05, 3.63) is 6.20 Å². The predicted octanol–water partition coefficient (Wildman–Crippen LogP) is 2.57. The van der Waals surface area contributed by atoms with Gasteiger partial charge in [-0.3, -0.25) is 5.32 Å². The van der Waals surface area contributed by atoms with Crippen molar-refractivity contribution in [1.29, 1.82) is 0 Å². The monoisotopic (exact) mass is 433 g/mol. The number of likely N-dealkylation sites (tertiary alicyclic amines) is 1. The first-order chi connectivity index (χ1) is 14.7. The molecule has 3 saturated heterocycles. The van der Waals surface area contributed by atoms with Gasteiger partial charge in [0.25, 0.3) is 0 Å². The molecule has 3 fully saturated rings. The largest absolute Gasteiger partial charge is 0.479 e. The van der Waals surface area contributed by atoms with Crippen molar-refractivity contribution >= 4 is 38.4 Å². The molecule has 5 rings (SSSR count). The molecule has 0 unspecified atom stereocenters. The van der Waals surface area contributed by atoms with E-state index in [9.17, 15) is 4.79 Å². The number of aromatic nitrogens is 2. The molecule has 0 aliphatic carbocycles. The van der Waals surface area contributed by atoms with E-state index in [0.717, 1.165) is 69.0 Å². The number of anilines is 2. The number of carbonyl (C=O) groups is 1. The summed E-state index contributed by atoms with van der Waals surface area (Å²) in [5, 5.41) is 3.57. The van der Waals surface area contributed by atoms with Crippen molar-refractivity contribution < 1.29 is 19.0 Å². The van der Waals surface area contributed by atoms with Crippen LogP contribution in [0.3, 0.4) is 0 Å². The minimum absolute atomic E-state index is 0.101. The molecule has 2 aromatic heterocycles. The van der Waals surface area contributed by atoms with Gasteiger partial charge >= 0.3 is 6.03 Å². The summed E-state index contributed by atoms with van der Waals surface area (Å²) in [5.74, 6) is 0.471. The van der Waals surface area contributed by atoms with Gasteiger partial charge in [-0.15, -0.1) is 0 Å². The van der Waals surface area contributed by atoms with Crippen molar-refractivity contribution in [1.82, 2.24) is 14.9 Å². The highest BCUT2D eigenvalue weighted by molar-refractivity contribution is 7.23. The maximum absolute atomic E-state index is 12.9. The lowest BCUT2D eigenvalue weighted by atomic mass is 9.82. The highest BCUT2D eigenvalue weighted by Gasteiger charge is 2.41. The molecule has 5 heterocycles. The number of urea groups is 1. The van der Waals surface area contributed by atoms with Crippen LogP contribution in [-0.2, 0) is 9.47 Å². The first-order valence-corrected chi connectivity index (χ1v) is 11.3. The van der Waals surface area contributed by atoms with E-state index in [-0.39, 0.29) is 11.4 Å². The van der Waals surface area contributed by atoms with Crippen LogP contribution in [0.5, 0.6) is 5.88 Å². The number of amides is 2. The third kappa shape index (κ3) is 3.67. The fourth-order valence-electron chi connectivity index (χ4n) is 4.62. The van der Waals surface area contributed by atoms with Crippen LogP contribution in [0.25, 0.3) is 10.2 Å². The Morgan fingerprint density at radius 2 is 2.10 bits per heavy atom. The summed E-state index contributed by atoms with van der Waals surface area (Å²) in [4.78, 5) is 26.1. The molecule has 0 bridgehead atoms. The fourth-order valence-corrected chi connectivity index (χ4v) is 5.61. The lowest BCUT2D eigenvalue weighted by Crippen LogP contribution is -2.38. The SMILES string of the molecule is COc1ncc(N2CCOCC2)c2sc(NC(=O)N3CC[C@]4(CCCOC4)C3)nc12. The quantitative estimate of drug-likeness (QED) is 0.796. The average Bonchev–Trinajstić information content (AvgIpc) is 3.38. The number of hydrogen-bond donors (Lipinski definition) is 1. The Labute approximate surface area is 179 Å². The number of carbonyl (C=O) groups excluding carboxylic acids is 1. The van der Waals surface area contributed by atoms with Gasteiger partial charge in [0.15, 0.2) is 5.13 Å². The number of nitrogens with one attached hydrogen (secondary N) is 1. The molecule has 3 aliphatic rings. The first-order valence-electron chi connectivity index (χ1n) is 10.5. The number of nitrogens with zero attached hydrogens (tertiary/aromatic N) is 4. The van der Waals surface area contributed by atoms with E-state index in [1.54, 1.807) is 7.11 Å². The minimum Gasteiger partial charge on any atom is -0.479 e.